The van der Waals surface area contributed by atoms with Crippen LogP contribution in [0, 0.1) is 0 Å². The summed E-state index contributed by atoms with van der Waals surface area (Å²) >= 11 is 0. The van der Waals surface area contributed by atoms with Crippen molar-refractivity contribution in [1.29, 1.82) is 0 Å². The SMILES string of the molecule is NC1CC(C(=O)Nc2cccc3cccnc23)N(C(=O)O)C1. The van der Waals surface area contributed by atoms with Crippen LogP contribution in [-0.2, 0) is 4.79 Å². The summed E-state index contributed by atoms with van der Waals surface area (Å²) in [5, 5.41) is 12.8. The van der Waals surface area contributed by atoms with Crippen molar-refractivity contribution >= 4 is 28.6 Å². The van der Waals surface area contributed by atoms with E-state index in [-0.39, 0.29) is 18.5 Å². The predicted molar refractivity (Wildman–Crippen MR) is 81.5 cm³/mol. The number of pyridine rings is 1. The number of nitrogens with one attached hydrogen (secondary N) is 1. The first-order chi connectivity index (χ1) is 10.6. The average Bonchev–Trinajstić information content (AvgIpc) is 2.90. The number of para-hydroxylation sites is 1. The van der Waals surface area contributed by atoms with Gasteiger partial charge in [0.1, 0.15) is 6.04 Å². The van der Waals surface area contributed by atoms with Crippen LogP contribution in [-0.4, -0.2) is 45.6 Å². The van der Waals surface area contributed by atoms with Gasteiger partial charge >= 0.3 is 6.09 Å². The molecule has 22 heavy (non-hydrogen) atoms. The Labute approximate surface area is 126 Å². The maximum atomic E-state index is 12.4. The molecule has 2 unspecified atom stereocenters. The molecule has 4 N–H and O–H groups in total. The van der Waals surface area contributed by atoms with E-state index in [1.165, 1.54) is 0 Å². The first kappa shape index (κ1) is 14.3. The summed E-state index contributed by atoms with van der Waals surface area (Å²) in [5.41, 5.74) is 7.01. The molecule has 114 valence electrons. The minimum Gasteiger partial charge on any atom is -0.465 e. The van der Waals surface area contributed by atoms with Gasteiger partial charge in [-0.1, -0.05) is 18.2 Å². The lowest BCUT2D eigenvalue weighted by Gasteiger charge is -2.20. The van der Waals surface area contributed by atoms with E-state index in [1.807, 2.05) is 24.3 Å². The van der Waals surface area contributed by atoms with Gasteiger partial charge in [-0.25, -0.2) is 4.79 Å². The Bertz CT molecular complexity index is 728. The monoisotopic (exact) mass is 300 g/mol. The van der Waals surface area contributed by atoms with Crippen LogP contribution in [0.1, 0.15) is 6.42 Å². The molecule has 1 saturated heterocycles. The zero-order valence-corrected chi connectivity index (χ0v) is 11.8. The Balaban J connectivity index is 1.85. The second kappa shape index (κ2) is 5.61. The number of rotatable bonds is 2. The molecule has 0 spiro atoms. The molecule has 7 heteroatoms. The van der Waals surface area contributed by atoms with Crippen LogP contribution in [0.4, 0.5) is 10.5 Å². The van der Waals surface area contributed by atoms with Crippen molar-refractivity contribution < 1.29 is 14.7 Å². The zero-order valence-electron chi connectivity index (χ0n) is 11.8. The highest BCUT2D eigenvalue weighted by atomic mass is 16.4. The van der Waals surface area contributed by atoms with Crippen molar-refractivity contribution in [3.05, 3.63) is 36.5 Å². The first-order valence-corrected chi connectivity index (χ1v) is 6.96. The number of amides is 2. The lowest BCUT2D eigenvalue weighted by molar-refractivity contribution is -0.119. The molecule has 1 aliphatic rings. The van der Waals surface area contributed by atoms with Gasteiger partial charge in [0.25, 0.3) is 0 Å². The number of benzene rings is 1. The topological polar surface area (TPSA) is 109 Å². The number of hydrogen-bond acceptors (Lipinski definition) is 4. The van der Waals surface area contributed by atoms with Crippen molar-refractivity contribution in [1.82, 2.24) is 9.88 Å². The summed E-state index contributed by atoms with van der Waals surface area (Å²) in [6, 6.07) is 8.07. The number of carboxylic acid groups (broad SMARTS) is 1. The van der Waals surface area contributed by atoms with Crippen LogP contribution in [0.25, 0.3) is 10.9 Å². The molecule has 0 bridgehead atoms. The quantitative estimate of drug-likeness (QED) is 0.773. The standard InChI is InChI=1S/C15H16N4O3/c16-10-7-12(19(8-10)15(21)22)14(20)18-11-5-1-3-9-4-2-6-17-13(9)11/h1-6,10,12H,7-8,16H2,(H,18,20)(H,21,22). The van der Waals surface area contributed by atoms with Crippen molar-refractivity contribution in [2.75, 3.05) is 11.9 Å². The van der Waals surface area contributed by atoms with Gasteiger partial charge in [0.15, 0.2) is 0 Å². The molecule has 2 heterocycles. The lowest BCUT2D eigenvalue weighted by atomic mass is 10.1. The second-order valence-electron chi connectivity index (χ2n) is 5.32. The fraction of sp³-hybridized carbons (Fsp3) is 0.267. The molecule has 1 aromatic heterocycles. The number of likely N-dealkylation sites (tertiary alicyclic amines) is 1. The fourth-order valence-corrected chi connectivity index (χ4v) is 2.75. The van der Waals surface area contributed by atoms with E-state index < -0.39 is 12.1 Å². The van der Waals surface area contributed by atoms with Crippen molar-refractivity contribution in [3.63, 3.8) is 0 Å². The van der Waals surface area contributed by atoms with Gasteiger partial charge in [-0.15, -0.1) is 0 Å². The van der Waals surface area contributed by atoms with Crippen LogP contribution in [0.3, 0.4) is 0 Å². The summed E-state index contributed by atoms with van der Waals surface area (Å²) < 4.78 is 0. The van der Waals surface area contributed by atoms with Crippen LogP contribution in [0.2, 0.25) is 0 Å². The molecular formula is C15H16N4O3. The normalized spacial score (nSPS) is 21.0. The van der Waals surface area contributed by atoms with Crippen LogP contribution >= 0.6 is 0 Å². The molecule has 2 atom stereocenters. The summed E-state index contributed by atoms with van der Waals surface area (Å²) in [4.78, 5) is 29.0. The third-order valence-corrected chi connectivity index (χ3v) is 3.77. The number of fused-ring (bicyclic) bond motifs is 1. The lowest BCUT2D eigenvalue weighted by Crippen LogP contribution is -2.42. The smallest absolute Gasteiger partial charge is 0.408 e. The van der Waals surface area contributed by atoms with Crippen LogP contribution in [0.15, 0.2) is 36.5 Å². The van der Waals surface area contributed by atoms with E-state index in [2.05, 4.69) is 10.3 Å². The molecule has 0 radical (unpaired) electrons. The van der Waals surface area contributed by atoms with Gasteiger partial charge in [-0.2, -0.15) is 0 Å². The molecular weight excluding hydrogens is 284 g/mol. The van der Waals surface area contributed by atoms with Gasteiger partial charge in [0.2, 0.25) is 5.91 Å². The number of carbonyl (C=O) groups is 2. The van der Waals surface area contributed by atoms with Gasteiger partial charge in [-0.05, 0) is 18.6 Å². The Morgan fingerprint density at radius 3 is 2.86 bits per heavy atom. The number of aromatic nitrogens is 1. The molecule has 0 aliphatic carbocycles. The third kappa shape index (κ3) is 2.58. The van der Waals surface area contributed by atoms with Gasteiger partial charge in [-0.3, -0.25) is 14.7 Å². The molecule has 0 saturated carbocycles. The molecule has 1 fully saturated rings. The van der Waals surface area contributed by atoms with Crippen LogP contribution in [0.5, 0.6) is 0 Å². The minimum absolute atomic E-state index is 0.168. The molecule has 3 rings (SSSR count). The highest BCUT2D eigenvalue weighted by Crippen LogP contribution is 2.23. The minimum atomic E-state index is -1.14. The predicted octanol–water partition coefficient (Wildman–Crippen LogP) is 1.25. The highest BCUT2D eigenvalue weighted by molar-refractivity contribution is 6.03. The first-order valence-electron chi connectivity index (χ1n) is 6.96. The largest absolute Gasteiger partial charge is 0.465 e. The molecule has 2 aromatic rings. The number of nitrogens with two attached hydrogens (primary N) is 1. The Kier molecular flexibility index (Phi) is 3.64. The summed E-state index contributed by atoms with van der Waals surface area (Å²) in [6.07, 6.45) is 0.827. The van der Waals surface area contributed by atoms with Gasteiger partial charge < -0.3 is 16.2 Å². The maximum Gasteiger partial charge on any atom is 0.408 e. The van der Waals surface area contributed by atoms with E-state index >= 15 is 0 Å². The molecule has 7 nitrogen and oxygen atoms in total. The molecule has 1 aromatic carbocycles. The van der Waals surface area contributed by atoms with E-state index in [0.29, 0.717) is 17.6 Å². The average molecular weight is 300 g/mol. The highest BCUT2D eigenvalue weighted by Gasteiger charge is 2.38. The van der Waals surface area contributed by atoms with Crippen molar-refractivity contribution in [2.24, 2.45) is 5.73 Å². The summed E-state index contributed by atoms with van der Waals surface area (Å²) in [7, 11) is 0. The Morgan fingerprint density at radius 1 is 1.32 bits per heavy atom. The van der Waals surface area contributed by atoms with E-state index in [4.69, 9.17) is 10.8 Å². The summed E-state index contributed by atoms with van der Waals surface area (Å²) in [5.74, 6) is -0.381. The fourth-order valence-electron chi connectivity index (χ4n) is 2.75. The third-order valence-electron chi connectivity index (χ3n) is 3.77. The van der Waals surface area contributed by atoms with Crippen molar-refractivity contribution in [3.8, 4) is 0 Å². The Hall–Kier alpha value is -2.67. The van der Waals surface area contributed by atoms with E-state index in [1.54, 1.807) is 12.3 Å². The summed E-state index contributed by atoms with van der Waals surface area (Å²) in [6.45, 7) is 0.168. The number of carbonyl (C=O) groups excluding carboxylic acids is 1. The van der Waals surface area contributed by atoms with Crippen LogP contribution < -0.4 is 11.1 Å². The second-order valence-corrected chi connectivity index (χ2v) is 5.32. The van der Waals surface area contributed by atoms with Crippen molar-refractivity contribution in [2.45, 2.75) is 18.5 Å². The van der Waals surface area contributed by atoms with Gasteiger partial charge in [0, 0.05) is 24.2 Å². The number of anilines is 1. The maximum absolute atomic E-state index is 12.4. The molecule has 1 aliphatic heterocycles. The molecule has 2 amide bonds. The zero-order chi connectivity index (χ0) is 15.7. The number of hydrogen-bond donors (Lipinski definition) is 3. The van der Waals surface area contributed by atoms with E-state index in [0.717, 1.165) is 10.3 Å². The number of nitrogens with zero attached hydrogens (tertiary/aromatic N) is 2. The van der Waals surface area contributed by atoms with Gasteiger partial charge in [0.05, 0.1) is 11.2 Å². The Morgan fingerprint density at radius 2 is 2.09 bits per heavy atom. The van der Waals surface area contributed by atoms with E-state index in [9.17, 15) is 9.59 Å².